The van der Waals surface area contributed by atoms with Gasteiger partial charge in [-0.05, 0) is 59.6 Å². The van der Waals surface area contributed by atoms with Gasteiger partial charge in [0.05, 0.1) is 6.61 Å². The Morgan fingerprint density at radius 2 is 1.68 bits per heavy atom. The molecule has 25 heavy (non-hydrogen) atoms. The molecule has 1 heterocycles. The maximum atomic E-state index is 12.8. The molecule has 6 heteroatoms. The zero-order valence-corrected chi connectivity index (χ0v) is 16.0. The van der Waals surface area contributed by atoms with Crippen LogP contribution in [0.1, 0.15) is 47.5 Å². The number of likely N-dealkylation sites (tertiary alicyclic amines) is 1. The Hall–Kier alpha value is -1.95. The van der Waals surface area contributed by atoms with E-state index in [-0.39, 0.29) is 29.9 Å². The number of amides is 2. The molecule has 1 aromatic rings. The summed E-state index contributed by atoms with van der Waals surface area (Å²) >= 11 is 0. The number of urea groups is 1. The normalized spacial score (nSPS) is 19.4. The maximum absolute atomic E-state index is 12.8. The molecule has 0 spiro atoms. The molecule has 1 saturated heterocycles. The monoisotopic (exact) mass is 349 g/mol. The molecule has 0 saturated carbocycles. The number of piperidine rings is 1. The van der Waals surface area contributed by atoms with Crippen LogP contribution in [0.5, 0.6) is 11.5 Å². The largest absolute Gasteiger partial charge is 0.490 e. The third-order valence-corrected chi connectivity index (χ3v) is 4.54. The lowest BCUT2D eigenvalue weighted by atomic mass is 9.77. The number of hydrogen-bond donors (Lipinski definition) is 2. The molecule has 2 amide bonds. The van der Waals surface area contributed by atoms with Gasteiger partial charge in [-0.15, -0.1) is 0 Å². The van der Waals surface area contributed by atoms with E-state index in [2.05, 4.69) is 33.0 Å². The number of rotatable bonds is 5. The summed E-state index contributed by atoms with van der Waals surface area (Å²) in [5.74, 6) is 1.28. The molecule has 0 unspecified atom stereocenters. The number of nitrogens with zero attached hydrogens (tertiary/aromatic N) is 1. The van der Waals surface area contributed by atoms with E-state index < -0.39 is 0 Å². The van der Waals surface area contributed by atoms with Gasteiger partial charge in [-0.1, -0.05) is 12.1 Å². The highest BCUT2D eigenvalue weighted by Gasteiger charge is 2.46. The summed E-state index contributed by atoms with van der Waals surface area (Å²) in [7, 11) is 0. The Morgan fingerprint density at radius 1 is 1.16 bits per heavy atom. The van der Waals surface area contributed by atoms with Crippen molar-refractivity contribution in [2.45, 2.75) is 64.6 Å². The van der Waals surface area contributed by atoms with Gasteiger partial charge in [0.2, 0.25) is 0 Å². The van der Waals surface area contributed by atoms with E-state index in [9.17, 15) is 4.79 Å². The van der Waals surface area contributed by atoms with Gasteiger partial charge < -0.3 is 25.4 Å². The molecule has 1 aliphatic heterocycles. The van der Waals surface area contributed by atoms with Crippen molar-refractivity contribution < 1.29 is 14.3 Å². The number of carbonyl (C=O) groups is 1. The van der Waals surface area contributed by atoms with Crippen LogP contribution >= 0.6 is 0 Å². The number of hydrogen-bond acceptors (Lipinski definition) is 4. The Labute approximate surface area is 150 Å². The van der Waals surface area contributed by atoms with E-state index in [1.54, 1.807) is 0 Å². The van der Waals surface area contributed by atoms with Crippen LogP contribution in [0.3, 0.4) is 0 Å². The second-order valence-electron chi connectivity index (χ2n) is 7.78. The number of para-hydroxylation sites is 2. The van der Waals surface area contributed by atoms with Gasteiger partial charge in [0.25, 0.3) is 0 Å². The van der Waals surface area contributed by atoms with Crippen LogP contribution in [0.25, 0.3) is 0 Å². The summed E-state index contributed by atoms with van der Waals surface area (Å²) in [5, 5.41) is 2.86. The van der Waals surface area contributed by atoms with Crippen LogP contribution in [-0.2, 0) is 0 Å². The predicted octanol–water partition coefficient (Wildman–Crippen LogP) is 3.11. The Bertz CT molecular complexity index is 583. The molecule has 1 aromatic carbocycles. The van der Waals surface area contributed by atoms with E-state index >= 15 is 0 Å². The molecule has 2 rings (SSSR count). The van der Waals surface area contributed by atoms with Crippen LogP contribution in [0.15, 0.2) is 24.3 Å². The summed E-state index contributed by atoms with van der Waals surface area (Å²) in [6.07, 6.45) is 1.55. The van der Waals surface area contributed by atoms with Gasteiger partial charge in [0, 0.05) is 17.1 Å². The van der Waals surface area contributed by atoms with Crippen molar-refractivity contribution in [3.05, 3.63) is 24.3 Å². The summed E-state index contributed by atoms with van der Waals surface area (Å²) in [6.45, 7) is 10.8. The molecule has 0 bridgehead atoms. The van der Waals surface area contributed by atoms with Crippen molar-refractivity contribution in [2.24, 2.45) is 5.73 Å². The molecule has 0 atom stereocenters. The molecule has 3 N–H and O–H groups in total. The quantitative estimate of drug-likeness (QED) is 0.801. The maximum Gasteiger partial charge on any atom is 0.320 e. The fourth-order valence-electron chi connectivity index (χ4n) is 4.01. The smallest absolute Gasteiger partial charge is 0.320 e. The van der Waals surface area contributed by atoms with Crippen molar-refractivity contribution >= 4 is 6.03 Å². The Kier molecular flexibility index (Phi) is 5.83. The third kappa shape index (κ3) is 4.57. The second-order valence-corrected chi connectivity index (χ2v) is 7.78. The third-order valence-electron chi connectivity index (χ3n) is 4.54. The zero-order chi connectivity index (χ0) is 18.7. The molecule has 6 nitrogen and oxygen atoms in total. The Balaban J connectivity index is 2.00. The van der Waals surface area contributed by atoms with E-state index in [4.69, 9.17) is 15.2 Å². The minimum Gasteiger partial charge on any atom is -0.490 e. The molecular weight excluding hydrogens is 318 g/mol. The van der Waals surface area contributed by atoms with E-state index in [1.165, 1.54) is 0 Å². The van der Waals surface area contributed by atoms with E-state index in [1.807, 2.05) is 36.1 Å². The molecule has 0 radical (unpaired) electrons. The van der Waals surface area contributed by atoms with Crippen molar-refractivity contribution in [2.75, 3.05) is 13.3 Å². The van der Waals surface area contributed by atoms with Gasteiger partial charge in [0.1, 0.15) is 0 Å². The lowest BCUT2D eigenvalue weighted by molar-refractivity contribution is 0.00140. The first-order valence-corrected chi connectivity index (χ1v) is 8.86. The summed E-state index contributed by atoms with van der Waals surface area (Å²) in [5.41, 5.74) is 5.55. The predicted molar refractivity (Wildman–Crippen MR) is 98.8 cm³/mol. The molecule has 1 aliphatic rings. The molecule has 140 valence electrons. The average molecular weight is 349 g/mol. The SMILES string of the molecule is CCOc1ccccc1OCNC(=O)N1C(C)(C)CC(N)CC1(C)C. The number of nitrogens with one attached hydrogen (secondary N) is 1. The summed E-state index contributed by atoms with van der Waals surface area (Å²) in [4.78, 5) is 14.7. The minimum atomic E-state index is -0.311. The number of benzene rings is 1. The Morgan fingerprint density at radius 3 is 2.20 bits per heavy atom. The van der Waals surface area contributed by atoms with Crippen molar-refractivity contribution in [1.29, 1.82) is 0 Å². The summed E-state index contributed by atoms with van der Waals surface area (Å²) in [6, 6.07) is 7.39. The molecule has 0 aromatic heterocycles. The highest BCUT2D eigenvalue weighted by molar-refractivity contribution is 5.76. The lowest BCUT2D eigenvalue weighted by Gasteiger charge is -2.54. The number of carbonyl (C=O) groups excluding carboxylic acids is 1. The number of nitrogens with two attached hydrogens (primary N) is 1. The highest BCUT2D eigenvalue weighted by atomic mass is 16.5. The van der Waals surface area contributed by atoms with Crippen LogP contribution in [0.4, 0.5) is 4.79 Å². The summed E-state index contributed by atoms with van der Waals surface area (Å²) < 4.78 is 11.2. The van der Waals surface area contributed by atoms with Gasteiger partial charge >= 0.3 is 6.03 Å². The van der Waals surface area contributed by atoms with Crippen LogP contribution in [-0.4, -0.2) is 41.4 Å². The van der Waals surface area contributed by atoms with Gasteiger partial charge in [-0.3, -0.25) is 0 Å². The molecule has 0 aliphatic carbocycles. The first kappa shape index (κ1) is 19.4. The first-order valence-electron chi connectivity index (χ1n) is 8.86. The van der Waals surface area contributed by atoms with E-state index in [0.29, 0.717) is 18.1 Å². The fourth-order valence-corrected chi connectivity index (χ4v) is 4.01. The standard InChI is InChI=1S/C19H31N3O3/c1-6-24-15-9-7-8-10-16(15)25-13-21-17(23)22-18(2,3)11-14(20)12-19(22,4)5/h7-10,14H,6,11-13,20H2,1-5H3,(H,21,23). The highest BCUT2D eigenvalue weighted by Crippen LogP contribution is 2.37. The average Bonchev–Trinajstić information content (AvgIpc) is 2.46. The number of ether oxygens (including phenoxy) is 2. The van der Waals surface area contributed by atoms with Crippen molar-refractivity contribution in [3.63, 3.8) is 0 Å². The minimum absolute atomic E-state index is 0.0810. The first-order chi connectivity index (χ1) is 11.7. The topological polar surface area (TPSA) is 76.8 Å². The van der Waals surface area contributed by atoms with Gasteiger partial charge in [-0.25, -0.2) is 4.79 Å². The fraction of sp³-hybridized carbons (Fsp3) is 0.632. The lowest BCUT2D eigenvalue weighted by Crippen LogP contribution is -2.67. The van der Waals surface area contributed by atoms with Crippen LogP contribution in [0.2, 0.25) is 0 Å². The molecular formula is C19H31N3O3. The molecule has 1 fully saturated rings. The van der Waals surface area contributed by atoms with Gasteiger partial charge in [0.15, 0.2) is 18.2 Å². The van der Waals surface area contributed by atoms with Gasteiger partial charge in [-0.2, -0.15) is 0 Å². The van der Waals surface area contributed by atoms with E-state index in [0.717, 1.165) is 12.8 Å². The van der Waals surface area contributed by atoms with Crippen molar-refractivity contribution in [1.82, 2.24) is 10.2 Å². The second kappa shape index (κ2) is 7.52. The van der Waals surface area contributed by atoms with Crippen LogP contribution in [0, 0.1) is 0 Å². The van der Waals surface area contributed by atoms with Crippen molar-refractivity contribution in [3.8, 4) is 11.5 Å². The zero-order valence-electron chi connectivity index (χ0n) is 16.0. The van der Waals surface area contributed by atoms with Crippen LogP contribution < -0.4 is 20.5 Å².